The SMILES string of the molecule is CCOc1ccc(/C=N\NC(=O)CN(Cc2cccc(Cl)c2)S(=O)(=O)c2ccc(Cl)cc2)cc1OC. The molecule has 0 fully saturated rings. The maximum Gasteiger partial charge on any atom is 0.255 e. The lowest BCUT2D eigenvalue weighted by molar-refractivity contribution is -0.121. The zero-order valence-corrected chi connectivity index (χ0v) is 22.0. The molecule has 0 bridgehead atoms. The summed E-state index contributed by atoms with van der Waals surface area (Å²) in [5.41, 5.74) is 3.65. The molecule has 0 saturated heterocycles. The first kappa shape index (κ1) is 27.5. The van der Waals surface area contributed by atoms with Crippen molar-refractivity contribution in [2.24, 2.45) is 5.10 Å². The number of methoxy groups -OCH3 is 1. The van der Waals surface area contributed by atoms with Gasteiger partial charge >= 0.3 is 0 Å². The molecule has 0 aliphatic rings. The standard InChI is InChI=1S/C25H25Cl2N3O5S/c1-3-35-23-12-7-18(14-24(23)34-2)15-28-29-25(31)17-30(16-19-5-4-6-21(27)13-19)36(32,33)22-10-8-20(26)9-11-22/h4-15H,3,16-17H2,1-2H3,(H,29,31)/b28-15-. The molecule has 0 atom stereocenters. The first-order chi connectivity index (χ1) is 17.2. The summed E-state index contributed by atoms with van der Waals surface area (Å²) in [6.07, 6.45) is 1.42. The van der Waals surface area contributed by atoms with E-state index in [1.807, 2.05) is 6.92 Å². The zero-order valence-electron chi connectivity index (χ0n) is 19.6. The zero-order chi connectivity index (χ0) is 26.1. The molecule has 11 heteroatoms. The molecule has 0 spiro atoms. The lowest BCUT2D eigenvalue weighted by Gasteiger charge is -2.21. The summed E-state index contributed by atoms with van der Waals surface area (Å²) >= 11 is 12.0. The second-order valence-corrected chi connectivity index (χ2v) is 10.3. The summed E-state index contributed by atoms with van der Waals surface area (Å²) in [4.78, 5) is 12.7. The predicted octanol–water partition coefficient (Wildman–Crippen LogP) is 4.74. The Kier molecular flexibility index (Phi) is 9.72. The minimum Gasteiger partial charge on any atom is -0.493 e. The first-order valence-corrected chi connectivity index (χ1v) is 13.1. The number of amides is 1. The van der Waals surface area contributed by atoms with Crippen LogP contribution in [-0.2, 0) is 21.4 Å². The van der Waals surface area contributed by atoms with E-state index in [4.69, 9.17) is 32.7 Å². The number of hydrazone groups is 1. The highest BCUT2D eigenvalue weighted by Crippen LogP contribution is 2.27. The van der Waals surface area contributed by atoms with Crippen LogP contribution in [0.25, 0.3) is 0 Å². The van der Waals surface area contributed by atoms with E-state index in [0.717, 1.165) is 4.31 Å². The van der Waals surface area contributed by atoms with E-state index in [1.165, 1.54) is 37.6 Å². The van der Waals surface area contributed by atoms with Gasteiger partial charge in [0.2, 0.25) is 10.0 Å². The Morgan fingerprint density at radius 2 is 1.78 bits per heavy atom. The lowest BCUT2D eigenvalue weighted by atomic mass is 10.2. The van der Waals surface area contributed by atoms with Crippen molar-refractivity contribution in [2.45, 2.75) is 18.4 Å². The van der Waals surface area contributed by atoms with E-state index in [1.54, 1.807) is 42.5 Å². The third-order valence-electron chi connectivity index (χ3n) is 4.91. The molecule has 0 radical (unpaired) electrons. The Labute approximate surface area is 220 Å². The first-order valence-electron chi connectivity index (χ1n) is 10.9. The van der Waals surface area contributed by atoms with Gasteiger partial charge in [0.1, 0.15) is 0 Å². The van der Waals surface area contributed by atoms with E-state index < -0.39 is 22.5 Å². The molecule has 0 aromatic heterocycles. The number of hydrogen-bond acceptors (Lipinski definition) is 6. The maximum atomic E-state index is 13.3. The van der Waals surface area contributed by atoms with Gasteiger partial charge in [0, 0.05) is 16.6 Å². The molecule has 0 unspecified atom stereocenters. The molecular weight excluding hydrogens is 525 g/mol. The van der Waals surface area contributed by atoms with Crippen LogP contribution in [0.1, 0.15) is 18.1 Å². The van der Waals surface area contributed by atoms with Crippen molar-refractivity contribution in [2.75, 3.05) is 20.3 Å². The second-order valence-electron chi connectivity index (χ2n) is 7.49. The van der Waals surface area contributed by atoms with Crippen molar-refractivity contribution in [3.8, 4) is 11.5 Å². The molecule has 3 rings (SSSR count). The lowest BCUT2D eigenvalue weighted by Crippen LogP contribution is -2.39. The molecule has 1 amide bonds. The van der Waals surface area contributed by atoms with Crippen molar-refractivity contribution >= 4 is 45.3 Å². The molecule has 0 heterocycles. The summed E-state index contributed by atoms with van der Waals surface area (Å²) in [6.45, 7) is 1.82. The molecule has 0 aliphatic heterocycles. The summed E-state index contributed by atoms with van der Waals surface area (Å²) in [5.74, 6) is 0.489. The summed E-state index contributed by atoms with van der Waals surface area (Å²) in [5, 5.41) is 4.80. The predicted molar refractivity (Wildman–Crippen MR) is 140 cm³/mol. The van der Waals surface area contributed by atoms with Crippen molar-refractivity contribution < 1.29 is 22.7 Å². The van der Waals surface area contributed by atoms with Crippen LogP contribution in [0.2, 0.25) is 10.0 Å². The van der Waals surface area contributed by atoms with Crippen LogP contribution in [0, 0.1) is 0 Å². The average Bonchev–Trinajstić information content (AvgIpc) is 2.85. The van der Waals surface area contributed by atoms with Crippen LogP contribution in [0.15, 0.2) is 76.7 Å². The molecule has 0 saturated carbocycles. The summed E-state index contributed by atoms with van der Waals surface area (Å²) < 4.78 is 38.5. The number of nitrogens with zero attached hydrogens (tertiary/aromatic N) is 2. The molecule has 190 valence electrons. The van der Waals surface area contributed by atoms with Gasteiger partial charge in [-0.05, 0) is 72.6 Å². The minimum atomic E-state index is -4.03. The number of ether oxygens (including phenoxy) is 2. The van der Waals surface area contributed by atoms with E-state index >= 15 is 0 Å². The fourth-order valence-corrected chi connectivity index (χ4v) is 4.96. The number of benzene rings is 3. The van der Waals surface area contributed by atoms with Crippen LogP contribution < -0.4 is 14.9 Å². The van der Waals surface area contributed by atoms with Gasteiger partial charge in [-0.2, -0.15) is 9.41 Å². The number of nitrogens with one attached hydrogen (secondary N) is 1. The highest BCUT2D eigenvalue weighted by Gasteiger charge is 2.27. The van der Waals surface area contributed by atoms with Crippen LogP contribution in [0.4, 0.5) is 0 Å². The van der Waals surface area contributed by atoms with Crippen molar-refractivity contribution in [3.05, 3.63) is 87.9 Å². The number of carbonyl (C=O) groups is 1. The molecule has 36 heavy (non-hydrogen) atoms. The molecular formula is C25H25Cl2N3O5S. The normalized spacial score (nSPS) is 11.6. The van der Waals surface area contributed by atoms with Crippen LogP contribution in [-0.4, -0.2) is 45.1 Å². The number of hydrogen-bond donors (Lipinski definition) is 1. The minimum absolute atomic E-state index is 0.00622. The van der Waals surface area contributed by atoms with E-state index in [0.29, 0.717) is 39.3 Å². The van der Waals surface area contributed by atoms with Crippen molar-refractivity contribution in [1.82, 2.24) is 9.73 Å². The van der Waals surface area contributed by atoms with E-state index in [2.05, 4.69) is 10.5 Å². The van der Waals surface area contributed by atoms with Crippen molar-refractivity contribution in [3.63, 3.8) is 0 Å². The second kappa shape index (κ2) is 12.7. The number of sulfonamides is 1. The third-order valence-corrected chi connectivity index (χ3v) is 7.20. The van der Waals surface area contributed by atoms with Gasteiger partial charge in [0.05, 0.1) is 31.4 Å². The van der Waals surface area contributed by atoms with Crippen LogP contribution in [0.5, 0.6) is 11.5 Å². The van der Waals surface area contributed by atoms with Crippen LogP contribution >= 0.6 is 23.2 Å². The maximum absolute atomic E-state index is 13.3. The van der Waals surface area contributed by atoms with Gasteiger partial charge < -0.3 is 9.47 Å². The van der Waals surface area contributed by atoms with Gasteiger partial charge in [0.15, 0.2) is 11.5 Å². The Balaban J connectivity index is 1.77. The molecule has 3 aromatic rings. The Morgan fingerprint density at radius 1 is 1.03 bits per heavy atom. The number of rotatable bonds is 11. The Bertz CT molecular complexity index is 1330. The van der Waals surface area contributed by atoms with Gasteiger partial charge in [0.25, 0.3) is 5.91 Å². The smallest absolute Gasteiger partial charge is 0.255 e. The van der Waals surface area contributed by atoms with Gasteiger partial charge in [-0.3, -0.25) is 4.79 Å². The highest BCUT2D eigenvalue weighted by atomic mass is 35.5. The van der Waals surface area contributed by atoms with Crippen molar-refractivity contribution in [1.29, 1.82) is 0 Å². The summed E-state index contributed by atoms with van der Waals surface area (Å²) in [7, 11) is -2.51. The summed E-state index contributed by atoms with van der Waals surface area (Å²) in [6, 6.07) is 17.7. The Hall–Kier alpha value is -3.11. The average molecular weight is 550 g/mol. The molecule has 0 aliphatic carbocycles. The highest BCUT2D eigenvalue weighted by molar-refractivity contribution is 7.89. The van der Waals surface area contributed by atoms with Crippen LogP contribution in [0.3, 0.4) is 0 Å². The molecule has 8 nitrogen and oxygen atoms in total. The fourth-order valence-electron chi connectivity index (χ4n) is 3.23. The molecule has 1 N–H and O–H groups in total. The quantitative estimate of drug-likeness (QED) is 0.275. The largest absolute Gasteiger partial charge is 0.493 e. The van der Waals surface area contributed by atoms with Gasteiger partial charge in [-0.1, -0.05) is 35.3 Å². The monoisotopic (exact) mass is 549 g/mol. The topological polar surface area (TPSA) is 97.3 Å². The van der Waals surface area contributed by atoms with Gasteiger partial charge in [-0.15, -0.1) is 0 Å². The molecule has 3 aromatic carbocycles. The van der Waals surface area contributed by atoms with E-state index in [9.17, 15) is 13.2 Å². The third kappa shape index (κ3) is 7.44. The van der Waals surface area contributed by atoms with E-state index in [-0.39, 0.29) is 11.4 Å². The number of carbonyl (C=O) groups excluding carboxylic acids is 1. The van der Waals surface area contributed by atoms with Gasteiger partial charge in [-0.25, -0.2) is 13.8 Å². The fraction of sp³-hybridized carbons (Fsp3) is 0.200. The Morgan fingerprint density at radius 3 is 2.44 bits per heavy atom. The number of halogens is 2.